The van der Waals surface area contributed by atoms with E-state index in [1.807, 2.05) is 54.7 Å². The molecule has 0 spiro atoms. The number of hydrogen-bond acceptors (Lipinski definition) is 3. The number of benzene rings is 2. The maximum atomic E-state index is 11.3. The SMILES string of the molecule is O=C(O)C1COc2ccc(-c3cnn(-c4ccccc4)c3)cc21. The van der Waals surface area contributed by atoms with E-state index < -0.39 is 11.9 Å². The summed E-state index contributed by atoms with van der Waals surface area (Å²) in [5, 5.41) is 13.7. The summed E-state index contributed by atoms with van der Waals surface area (Å²) in [6, 6.07) is 15.5. The molecule has 0 saturated carbocycles. The molecule has 1 atom stereocenters. The van der Waals surface area contributed by atoms with Gasteiger partial charge in [0.05, 0.1) is 11.9 Å². The van der Waals surface area contributed by atoms with Gasteiger partial charge in [0, 0.05) is 17.3 Å². The van der Waals surface area contributed by atoms with Crippen LogP contribution in [0.3, 0.4) is 0 Å². The minimum Gasteiger partial charge on any atom is -0.492 e. The maximum Gasteiger partial charge on any atom is 0.314 e. The molecule has 0 radical (unpaired) electrons. The molecule has 1 aliphatic rings. The van der Waals surface area contributed by atoms with Crippen LogP contribution in [0, 0.1) is 0 Å². The van der Waals surface area contributed by atoms with Crippen molar-refractivity contribution in [2.75, 3.05) is 6.61 Å². The zero-order valence-corrected chi connectivity index (χ0v) is 12.2. The number of nitrogens with zero attached hydrogens (tertiary/aromatic N) is 2. The van der Waals surface area contributed by atoms with Crippen LogP contribution in [-0.4, -0.2) is 27.5 Å². The van der Waals surface area contributed by atoms with Crippen molar-refractivity contribution in [3.63, 3.8) is 0 Å². The molecular weight excluding hydrogens is 292 g/mol. The third-order valence-electron chi connectivity index (χ3n) is 4.03. The molecule has 0 fully saturated rings. The summed E-state index contributed by atoms with van der Waals surface area (Å²) in [5.74, 6) is -0.813. The van der Waals surface area contributed by atoms with Gasteiger partial charge in [-0.1, -0.05) is 24.3 Å². The first-order chi connectivity index (χ1) is 11.2. The van der Waals surface area contributed by atoms with Crippen molar-refractivity contribution in [2.45, 2.75) is 5.92 Å². The summed E-state index contributed by atoms with van der Waals surface area (Å²) < 4.78 is 7.24. The number of aliphatic carboxylic acids is 1. The molecular formula is C18H14N2O3. The number of hydrogen-bond donors (Lipinski definition) is 1. The summed E-state index contributed by atoms with van der Waals surface area (Å²) >= 11 is 0. The molecule has 0 bridgehead atoms. The molecule has 3 aromatic rings. The van der Waals surface area contributed by atoms with Crippen LogP contribution in [0.5, 0.6) is 5.75 Å². The lowest BCUT2D eigenvalue weighted by Gasteiger charge is -2.04. The molecule has 1 unspecified atom stereocenters. The van der Waals surface area contributed by atoms with E-state index in [2.05, 4.69) is 5.10 Å². The molecule has 114 valence electrons. The highest BCUT2D eigenvalue weighted by atomic mass is 16.5. The summed E-state index contributed by atoms with van der Waals surface area (Å²) in [6.45, 7) is 0.192. The van der Waals surface area contributed by atoms with Crippen molar-refractivity contribution in [3.05, 3.63) is 66.5 Å². The van der Waals surface area contributed by atoms with Crippen LogP contribution in [0.15, 0.2) is 60.9 Å². The Morgan fingerprint density at radius 2 is 2.00 bits per heavy atom. The topological polar surface area (TPSA) is 64.3 Å². The van der Waals surface area contributed by atoms with Crippen molar-refractivity contribution in [3.8, 4) is 22.6 Å². The van der Waals surface area contributed by atoms with E-state index in [0.717, 1.165) is 22.4 Å². The van der Waals surface area contributed by atoms with Crippen LogP contribution in [-0.2, 0) is 4.79 Å². The molecule has 0 saturated heterocycles. The predicted octanol–water partition coefficient (Wildman–Crippen LogP) is 3.10. The number of carbonyl (C=O) groups is 1. The average molecular weight is 306 g/mol. The van der Waals surface area contributed by atoms with Gasteiger partial charge in [-0.25, -0.2) is 4.68 Å². The molecule has 2 aromatic carbocycles. The fourth-order valence-electron chi connectivity index (χ4n) is 2.79. The predicted molar refractivity (Wildman–Crippen MR) is 84.9 cm³/mol. The maximum absolute atomic E-state index is 11.3. The van der Waals surface area contributed by atoms with Crippen molar-refractivity contribution in [1.29, 1.82) is 0 Å². The monoisotopic (exact) mass is 306 g/mol. The number of ether oxygens (including phenoxy) is 1. The Morgan fingerprint density at radius 1 is 1.17 bits per heavy atom. The van der Waals surface area contributed by atoms with Gasteiger partial charge in [0.1, 0.15) is 18.3 Å². The highest BCUT2D eigenvalue weighted by molar-refractivity contribution is 5.80. The molecule has 0 amide bonds. The van der Waals surface area contributed by atoms with Crippen molar-refractivity contribution < 1.29 is 14.6 Å². The molecule has 1 aromatic heterocycles. The number of para-hydroxylation sites is 1. The summed E-state index contributed by atoms with van der Waals surface area (Å²) in [6.07, 6.45) is 3.71. The normalized spacial score (nSPS) is 15.9. The second-order valence-corrected chi connectivity index (χ2v) is 5.46. The third kappa shape index (κ3) is 2.36. The van der Waals surface area contributed by atoms with Gasteiger partial charge in [-0.15, -0.1) is 0 Å². The summed E-state index contributed by atoms with van der Waals surface area (Å²) in [4.78, 5) is 11.3. The number of fused-ring (bicyclic) bond motifs is 1. The fourth-order valence-corrected chi connectivity index (χ4v) is 2.79. The van der Waals surface area contributed by atoms with Gasteiger partial charge in [0.2, 0.25) is 0 Å². The van der Waals surface area contributed by atoms with Crippen LogP contribution in [0.4, 0.5) is 0 Å². The largest absolute Gasteiger partial charge is 0.492 e. The minimum absolute atomic E-state index is 0.192. The first kappa shape index (κ1) is 13.6. The average Bonchev–Trinajstić information content (AvgIpc) is 3.22. The van der Waals surface area contributed by atoms with E-state index >= 15 is 0 Å². The molecule has 2 heterocycles. The molecule has 23 heavy (non-hydrogen) atoms. The lowest BCUT2D eigenvalue weighted by molar-refractivity contribution is -0.138. The van der Waals surface area contributed by atoms with E-state index in [1.54, 1.807) is 10.9 Å². The standard InChI is InChI=1S/C18H14N2O3/c21-18(22)16-11-23-17-7-6-12(8-15(16)17)13-9-19-20(10-13)14-4-2-1-3-5-14/h1-10,16H,11H2,(H,21,22). The molecule has 0 aliphatic carbocycles. The first-order valence-corrected chi connectivity index (χ1v) is 7.32. The van der Waals surface area contributed by atoms with Crippen molar-refractivity contribution in [1.82, 2.24) is 9.78 Å². The van der Waals surface area contributed by atoms with Crippen LogP contribution >= 0.6 is 0 Å². The highest BCUT2D eigenvalue weighted by Crippen LogP contribution is 2.37. The highest BCUT2D eigenvalue weighted by Gasteiger charge is 2.30. The molecule has 5 heteroatoms. The van der Waals surface area contributed by atoms with Crippen molar-refractivity contribution >= 4 is 5.97 Å². The van der Waals surface area contributed by atoms with Gasteiger partial charge in [-0.05, 0) is 29.8 Å². The van der Waals surface area contributed by atoms with Crippen molar-refractivity contribution in [2.24, 2.45) is 0 Å². The third-order valence-corrected chi connectivity index (χ3v) is 4.03. The molecule has 4 rings (SSSR count). The van der Waals surface area contributed by atoms with Gasteiger partial charge in [0.25, 0.3) is 0 Å². The quantitative estimate of drug-likeness (QED) is 0.807. The zero-order chi connectivity index (χ0) is 15.8. The van der Waals surface area contributed by atoms with E-state index in [-0.39, 0.29) is 6.61 Å². The lowest BCUT2D eigenvalue weighted by atomic mass is 9.97. The van der Waals surface area contributed by atoms with Gasteiger partial charge in [0.15, 0.2) is 0 Å². The molecule has 5 nitrogen and oxygen atoms in total. The minimum atomic E-state index is -0.860. The smallest absolute Gasteiger partial charge is 0.314 e. The Hall–Kier alpha value is -3.08. The molecule has 1 aliphatic heterocycles. The zero-order valence-electron chi connectivity index (χ0n) is 12.2. The molecule has 1 N–H and O–H groups in total. The van der Waals surface area contributed by atoms with Crippen LogP contribution in [0.25, 0.3) is 16.8 Å². The van der Waals surface area contributed by atoms with Crippen LogP contribution < -0.4 is 4.74 Å². The Bertz CT molecular complexity index is 871. The van der Waals surface area contributed by atoms with Crippen LogP contribution in [0.1, 0.15) is 11.5 Å². The Morgan fingerprint density at radius 3 is 2.78 bits per heavy atom. The summed E-state index contributed by atoms with van der Waals surface area (Å²) in [5.41, 5.74) is 3.57. The van der Waals surface area contributed by atoms with Gasteiger partial charge >= 0.3 is 5.97 Å². The number of aromatic nitrogens is 2. The Balaban J connectivity index is 1.71. The number of rotatable bonds is 3. The van der Waals surface area contributed by atoms with E-state index in [0.29, 0.717) is 5.75 Å². The fraction of sp³-hybridized carbons (Fsp3) is 0.111. The second kappa shape index (κ2) is 5.28. The van der Waals surface area contributed by atoms with E-state index in [4.69, 9.17) is 4.74 Å². The first-order valence-electron chi connectivity index (χ1n) is 7.32. The van der Waals surface area contributed by atoms with Crippen LogP contribution in [0.2, 0.25) is 0 Å². The Kier molecular flexibility index (Phi) is 3.12. The number of carboxylic acid groups (broad SMARTS) is 1. The lowest BCUT2D eigenvalue weighted by Crippen LogP contribution is -2.12. The number of carboxylic acids is 1. The summed E-state index contributed by atoms with van der Waals surface area (Å²) in [7, 11) is 0. The van der Waals surface area contributed by atoms with E-state index in [9.17, 15) is 9.90 Å². The Labute approximate surface area is 132 Å². The van der Waals surface area contributed by atoms with E-state index in [1.165, 1.54) is 0 Å². The van der Waals surface area contributed by atoms with Gasteiger partial charge in [-0.3, -0.25) is 4.79 Å². The van der Waals surface area contributed by atoms with Gasteiger partial charge in [-0.2, -0.15) is 5.10 Å². The second-order valence-electron chi connectivity index (χ2n) is 5.46. The van der Waals surface area contributed by atoms with Gasteiger partial charge < -0.3 is 9.84 Å².